The van der Waals surface area contributed by atoms with E-state index in [1.165, 1.54) is 0 Å². The van der Waals surface area contributed by atoms with Crippen LogP contribution in [0.5, 0.6) is 0 Å². The molecule has 2 aliphatic rings. The van der Waals surface area contributed by atoms with Gasteiger partial charge in [-0.3, -0.25) is 9.59 Å². The largest absolute Gasteiger partial charge is 0.466 e. The van der Waals surface area contributed by atoms with Gasteiger partial charge in [0, 0.05) is 19.0 Å². The smallest absolute Gasteiger partial charge is 0.308 e. The lowest BCUT2D eigenvalue weighted by Gasteiger charge is -2.33. The number of alkyl halides is 1. The molecule has 2 fully saturated rings. The number of nitrogens with zero attached hydrogens (tertiary/aromatic N) is 1. The number of amides is 1. The van der Waals surface area contributed by atoms with Crippen molar-refractivity contribution in [2.24, 2.45) is 5.92 Å². The molecule has 2 rings (SSSR count). The van der Waals surface area contributed by atoms with E-state index in [2.05, 4.69) is 0 Å². The Bertz CT molecular complexity index is 326. The van der Waals surface area contributed by atoms with Crippen molar-refractivity contribution in [1.29, 1.82) is 0 Å². The zero-order chi connectivity index (χ0) is 13.1. The van der Waals surface area contributed by atoms with Gasteiger partial charge in [0.05, 0.1) is 17.9 Å². The maximum atomic E-state index is 11.8. The first-order chi connectivity index (χ1) is 8.61. The summed E-state index contributed by atoms with van der Waals surface area (Å²) >= 11 is 6.00. The predicted molar refractivity (Wildman–Crippen MR) is 68.4 cm³/mol. The molecule has 1 saturated heterocycles. The van der Waals surface area contributed by atoms with Gasteiger partial charge < -0.3 is 9.64 Å². The van der Waals surface area contributed by atoms with Crippen molar-refractivity contribution in [2.75, 3.05) is 13.2 Å². The third-order valence-corrected chi connectivity index (χ3v) is 4.16. The number of likely N-dealkylation sites (tertiary alicyclic amines) is 1. The van der Waals surface area contributed by atoms with Crippen LogP contribution in [0.2, 0.25) is 0 Å². The highest BCUT2D eigenvalue weighted by Gasteiger charge is 2.36. The quantitative estimate of drug-likeness (QED) is 0.583. The van der Waals surface area contributed by atoms with E-state index >= 15 is 0 Å². The highest BCUT2D eigenvalue weighted by molar-refractivity contribution is 6.22. The van der Waals surface area contributed by atoms with Crippen LogP contribution in [-0.4, -0.2) is 41.3 Å². The summed E-state index contributed by atoms with van der Waals surface area (Å²) in [7, 11) is 0. The molecule has 1 heterocycles. The summed E-state index contributed by atoms with van der Waals surface area (Å²) in [4.78, 5) is 25.3. The van der Waals surface area contributed by atoms with E-state index in [1.54, 1.807) is 0 Å². The Morgan fingerprint density at radius 2 is 2.06 bits per heavy atom. The summed E-state index contributed by atoms with van der Waals surface area (Å²) in [6, 6.07) is 0.270. The van der Waals surface area contributed by atoms with Crippen molar-refractivity contribution in [3.8, 4) is 0 Å². The first-order valence-corrected chi connectivity index (χ1v) is 7.15. The summed E-state index contributed by atoms with van der Waals surface area (Å²) in [5, 5.41) is -0.0414. The Hall–Kier alpha value is -0.770. The maximum absolute atomic E-state index is 11.8. The van der Waals surface area contributed by atoms with Gasteiger partial charge in [-0.1, -0.05) is 0 Å². The van der Waals surface area contributed by atoms with Crippen LogP contribution < -0.4 is 0 Å². The average Bonchev–Trinajstić information content (AvgIpc) is 2.69. The molecular weight excluding hydrogens is 254 g/mol. The topological polar surface area (TPSA) is 46.6 Å². The lowest BCUT2D eigenvalue weighted by molar-refractivity contribution is -0.149. The van der Waals surface area contributed by atoms with Gasteiger partial charge in [0.25, 0.3) is 0 Å². The van der Waals surface area contributed by atoms with Gasteiger partial charge in [-0.25, -0.2) is 0 Å². The van der Waals surface area contributed by atoms with E-state index in [0.29, 0.717) is 19.6 Å². The molecule has 0 aromatic rings. The van der Waals surface area contributed by atoms with Gasteiger partial charge >= 0.3 is 5.97 Å². The fraction of sp³-hybridized carbons (Fsp3) is 0.846. The Balaban J connectivity index is 1.83. The summed E-state index contributed by atoms with van der Waals surface area (Å²) in [5.41, 5.74) is 0. The molecule has 5 heteroatoms. The Morgan fingerprint density at radius 1 is 1.39 bits per heavy atom. The monoisotopic (exact) mass is 273 g/mol. The second-order valence-corrected chi connectivity index (χ2v) is 5.72. The highest BCUT2D eigenvalue weighted by Crippen LogP contribution is 2.31. The average molecular weight is 274 g/mol. The summed E-state index contributed by atoms with van der Waals surface area (Å²) in [6.45, 7) is 2.93. The number of hydrogen-bond donors (Lipinski definition) is 0. The van der Waals surface area contributed by atoms with Gasteiger partial charge in [0.1, 0.15) is 0 Å². The summed E-state index contributed by atoms with van der Waals surface area (Å²) in [5.74, 6) is 0.0965. The third kappa shape index (κ3) is 2.97. The fourth-order valence-corrected chi connectivity index (χ4v) is 3.20. The molecule has 1 atom stereocenters. The van der Waals surface area contributed by atoms with E-state index < -0.39 is 0 Å². The van der Waals surface area contributed by atoms with Crippen LogP contribution in [-0.2, 0) is 14.3 Å². The minimum absolute atomic E-state index is 0.0192. The molecule has 102 valence electrons. The molecule has 18 heavy (non-hydrogen) atoms. The second-order valence-electron chi connectivity index (χ2n) is 5.11. The van der Waals surface area contributed by atoms with E-state index in [-0.39, 0.29) is 29.2 Å². The van der Waals surface area contributed by atoms with Crippen molar-refractivity contribution in [3.63, 3.8) is 0 Å². The minimum Gasteiger partial charge on any atom is -0.466 e. The van der Waals surface area contributed by atoms with Crippen LogP contribution >= 0.6 is 11.6 Å². The summed E-state index contributed by atoms with van der Waals surface area (Å²) < 4.78 is 5.04. The Morgan fingerprint density at radius 3 is 2.56 bits per heavy atom. The van der Waals surface area contributed by atoms with Gasteiger partial charge in [0.2, 0.25) is 5.91 Å². The molecule has 0 aromatic carbocycles. The molecule has 0 radical (unpaired) electrons. The van der Waals surface area contributed by atoms with Crippen molar-refractivity contribution in [3.05, 3.63) is 0 Å². The Kier molecular flexibility index (Phi) is 4.49. The van der Waals surface area contributed by atoms with Gasteiger partial charge in [-0.05, 0) is 32.6 Å². The first kappa shape index (κ1) is 13.7. The van der Waals surface area contributed by atoms with Crippen molar-refractivity contribution in [1.82, 2.24) is 4.90 Å². The van der Waals surface area contributed by atoms with Gasteiger partial charge in [-0.2, -0.15) is 0 Å². The van der Waals surface area contributed by atoms with E-state index in [4.69, 9.17) is 16.3 Å². The molecule has 1 amide bonds. The summed E-state index contributed by atoms with van der Waals surface area (Å²) in [6.07, 6.45) is 3.87. The molecular formula is C13H20ClNO3. The molecule has 1 saturated carbocycles. The molecule has 1 aliphatic carbocycles. The van der Waals surface area contributed by atoms with Crippen LogP contribution in [0.1, 0.15) is 39.0 Å². The highest BCUT2D eigenvalue weighted by atomic mass is 35.5. The number of ether oxygens (including phenoxy) is 1. The predicted octanol–water partition coefficient (Wildman–Crippen LogP) is 1.95. The second kappa shape index (κ2) is 5.91. The molecule has 0 N–H and O–H groups in total. The number of carbonyl (C=O) groups is 2. The number of esters is 1. The molecule has 0 aromatic heterocycles. The zero-order valence-electron chi connectivity index (χ0n) is 10.7. The normalized spacial score (nSPS) is 32.7. The van der Waals surface area contributed by atoms with E-state index in [9.17, 15) is 9.59 Å². The van der Waals surface area contributed by atoms with Crippen molar-refractivity contribution in [2.45, 2.75) is 50.4 Å². The maximum Gasteiger partial charge on any atom is 0.308 e. The molecule has 1 unspecified atom stereocenters. The lowest BCUT2D eigenvalue weighted by Crippen LogP contribution is -2.40. The molecule has 4 nitrogen and oxygen atoms in total. The van der Waals surface area contributed by atoms with Crippen molar-refractivity contribution < 1.29 is 14.3 Å². The number of hydrogen-bond acceptors (Lipinski definition) is 3. The third-order valence-electron chi connectivity index (χ3n) is 3.87. The number of rotatable bonds is 3. The van der Waals surface area contributed by atoms with Crippen LogP contribution in [0.15, 0.2) is 0 Å². The molecule has 0 spiro atoms. The zero-order valence-corrected chi connectivity index (χ0v) is 11.5. The van der Waals surface area contributed by atoms with E-state index in [1.807, 2.05) is 11.8 Å². The number of carbonyl (C=O) groups excluding carboxylic acids is 2. The Labute approximate surface area is 113 Å². The van der Waals surface area contributed by atoms with Crippen LogP contribution in [0.4, 0.5) is 0 Å². The fourth-order valence-electron chi connectivity index (χ4n) is 2.92. The standard InChI is InChI=1S/C13H20ClNO3/c1-2-18-13(17)9-3-5-11(6-4-9)15-8-10(14)7-12(15)16/h9-11H,2-8H2,1H3. The first-order valence-electron chi connectivity index (χ1n) is 6.72. The lowest BCUT2D eigenvalue weighted by atomic mass is 9.85. The minimum atomic E-state index is -0.0843. The SMILES string of the molecule is CCOC(=O)C1CCC(N2CC(Cl)CC2=O)CC1. The van der Waals surface area contributed by atoms with E-state index in [0.717, 1.165) is 25.7 Å². The van der Waals surface area contributed by atoms with Crippen LogP contribution in [0.25, 0.3) is 0 Å². The van der Waals surface area contributed by atoms with Crippen LogP contribution in [0, 0.1) is 5.92 Å². The van der Waals surface area contributed by atoms with Crippen LogP contribution in [0.3, 0.4) is 0 Å². The molecule has 1 aliphatic heterocycles. The number of halogens is 1. The molecule has 0 bridgehead atoms. The van der Waals surface area contributed by atoms with Crippen molar-refractivity contribution >= 4 is 23.5 Å². The van der Waals surface area contributed by atoms with Gasteiger partial charge in [-0.15, -0.1) is 11.6 Å². The van der Waals surface area contributed by atoms with Gasteiger partial charge in [0.15, 0.2) is 0 Å².